The third-order valence-corrected chi connectivity index (χ3v) is 4.37. The molecule has 2 aliphatic rings. The van der Waals surface area contributed by atoms with Gasteiger partial charge in [0.15, 0.2) is 0 Å². The van der Waals surface area contributed by atoms with Crippen LogP contribution in [0.5, 0.6) is 0 Å². The zero-order valence-electron chi connectivity index (χ0n) is 9.83. The van der Waals surface area contributed by atoms with Crippen LogP contribution in [-0.4, -0.2) is 11.1 Å². The van der Waals surface area contributed by atoms with Crippen LogP contribution in [0.15, 0.2) is 18.2 Å². The highest BCUT2D eigenvalue weighted by Crippen LogP contribution is 2.61. The number of benzene rings is 1. The van der Waals surface area contributed by atoms with Gasteiger partial charge in [0.25, 0.3) is 0 Å². The molecule has 2 saturated carbocycles. The lowest BCUT2D eigenvalue weighted by atomic mass is 9.77. The van der Waals surface area contributed by atoms with Gasteiger partial charge in [0.05, 0.1) is 5.41 Å². The van der Waals surface area contributed by atoms with Gasteiger partial charge in [-0.1, -0.05) is 6.07 Å². The molecule has 0 saturated heterocycles. The molecule has 2 fully saturated rings. The molecular weight excluding hydrogens is 238 g/mol. The summed E-state index contributed by atoms with van der Waals surface area (Å²) in [5.74, 6) is -1.11. The van der Waals surface area contributed by atoms with E-state index in [-0.39, 0.29) is 6.42 Å². The van der Waals surface area contributed by atoms with Gasteiger partial charge in [-0.2, -0.15) is 0 Å². The second-order valence-corrected chi connectivity index (χ2v) is 5.66. The SMILES string of the molecule is O=C(O)C1(Cc2ccc(F)cc2F)CC2CC2C1. The lowest BCUT2D eigenvalue weighted by Gasteiger charge is -2.26. The van der Waals surface area contributed by atoms with Crippen molar-refractivity contribution < 1.29 is 18.7 Å². The molecule has 0 bridgehead atoms. The lowest BCUT2D eigenvalue weighted by molar-refractivity contribution is -0.149. The molecule has 1 aromatic rings. The summed E-state index contributed by atoms with van der Waals surface area (Å²) >= 11 is 0. The largest absolute Gasteiger partial charge is 0.481 e. The number of hydrogen-bond acceptors (Lipinski definition) is 1. The molecule has 3 rings (SSSR count). The van der Waals surface area contributed by atoms with Gasteiger partial charge >= 0.3 is 5.97 Å². The summed E-state index contributed by atoms with van der Waals surface area (Å²) in [7, 11) is 0. The average Bonchev–Trinajstić information content (AvgIpc) is 2.91. The van der Waals surface area contributed by atoms with Crippen molar-refractivity contribution >= 4 is 5.97 Å². The fourth-order valence-electron chi connectivity index (χ4n) is 3.32. The molecule has 2 nitrogen and oxygen atoms in total. The van der Waals surface area contributed by atoms with Crippen LogP contribution in [0.3, 0.4) is 0 Å². The molecule has 2 atom stereocenters. The topological polar surface area (TPSA) is 37.3 Å². The van der Waals surface area contributed by atoms with Crippen molar-refractivity contribution in [1.29, 1.82) is 0 Å². The molecule has 2 unspecified atom stereocenters. The summed E-state index contributed by atoms with van der Waals surface area (Å²) < 4.78 is 26.4. The van der Waals surface area contributed by atoms with E-state index in [1.54, 1.807) is 0 Å². The second kappa shape index (κ2) is 3.77. The minimum Gasteiger partial charge on any atom is -0.481 e. The first-order valence-corrected chi connectivity index (χ1v) is 6.17. The molecule has 0 amide bonds. The Hall–Kier alpha value is -1.45. The summed E-state index contributed by atoms with van der Waals surface area (Å²) in [5, 5.41) is 9.41. The smallest absolute Gasteiger partial charge is 0.309 e. The van der Waals surface area contributed by atoms with Crippen molar-refractivity contribution in [3.05, 3.63) is 35.4 Å². The van der Waals surface area contributed by atoms with Crippen LogP contribution >= 0.6 is 0 Å². The van der Waals surface area contributed by atoms with E-state index in [9.17, 15) is 18.7 Å². The fourth-order valence-corrected chi connectivity index (χ4v) is 3.32. The quantitative estimate of drug-likeness (QED) is 0.897. The summed E-state index contributed by atoms with van der Waals surface area (Å²) in [6.07, 6.45) is 2.54. The first kappa shape index (κ1) is 11.6. The van der Waals surface area contributed by atoms with Crippen LogP contribution in [0.25, 0.3) is 0 Å². The van der Waals surface area contributed by atoms with Crippen molar-refractivity contribution in [3.8, 4) is 0 Å². The number of carbonyl (C=O) groups is 1. The van der Waals surface area contributed by atoms with Gasteiger partial charge in [-0.05, 0) is 49.1 Å². The maximum atomic E-state index is 13.6. The molecule has 0 aliphatic heterocycles. The molecule has 1 aromatic carbocycles. The molecule has 0 heterocycles. The van der Waals surface area contributed by atoms with Crippen molar-refractivity contribution in [2.75, 3.05) is 0 Å². The maximum absolute atomic E-state index is 13.6. The predicted octanol–water partition coefficient (Wildman–Crippen LogP) is 3.01. The van der Waals surface area contributed by atoms with E-state index >= 15 is 0 Å². The van der Waals surface area contributed by atoms with Gasteiger partial charge in [-0.3, -0.25) is 4.79 Å². The number of carboxylic acids is 1. The van der Waals surface area contributed by atoms with Gasteiger partial charge < -0.3 is 5.11 Å². The van der Waals surface area contributed by atoms with E-state index < -0.39 is 23.0 Å². The Bertz CT molecular complexity index is 503. The summed E-state index contributed by atoms with van der Waals surface area (Å²) in [6, 6.07) is 3.36. The molecule has 0 aromatic heterocycles. The Kier molecular flexibility index (Phi) is 2.44. The van der Waals surface area contributed by atoms with E-state index in [0.717, 1.165) is 12.5 Å². The zero-order valence-corrected chi connectivity index (χ0v) is 9.83. The minimum absolute atomic E-state index is 0.168. The number of aliphatic carboxylic acids is 1. The highest BCUT2D eigenvalue weighted by atomic mass is 19.1. The first-order valence-electron chi connectivity index (χ1n) is 6.17. The molecule has 0 spiro atoms. The van der Waals surface area contributed by atoms with Crippen LogP contribution in [0.2, 0.25) is 0 Å². The summed E-state index contributed by atoms with van der Waals surface area (Å²) in [4.78, 5) is 11.5. The summed E-state index contributed by atoms with van der Waals surface area (Å²) in [5.41, 5.74) is -0.535. The van der Waals surface area contributed by atoms with Crippen LogP contribution in [0, 0.1) is 28.9 Å². The average molecular weight is 252 g/mol. The van der Waals surface area contributed by atoms with Gasteiger partial charge in [-0.15, -0.1) is 0 Å². The van der Waals surface area contributed by atoms with Gasteiger partial charge in [0.2, 0.25) is 0 Å². The number of halogens is 2. The Morgan fingerprint density at radius 2 is 2.00 bits per heavy atom. The number of rotatable bonds is 3. The molecule has 0 radical (unpaired) electrons. The van der Waals surface area contributed by atoms with Crippen molar-refractivity contribution in [1.82, 2.24) is 0 Å². The highest BCUT2D eigenvalue weighted by molar-refractivity contribution is 5.76. The van der Waals surface area contributed by atoms with Crippen LogP contribution < -0.4 is 0 Å². The monoisotopic (exact) mass is 252 g/mol. The number of carboxylic acid groups (broad SMARTS) is 1. The Balaban J connectivity index is 1.87. The van der Waals surface area contributed by atoms with E-state index in [1.165, 1.54) is 12.1 Å². The normalized spacial score (nSPS) is 33.2. The first-order chi connectivity index (χ1) is 8.50. The Morgan fingerprint density at radius 3 is 2.56 bits per heavy atom. The molecule has 18 heavy (non-hydrogen) atoms. The number of hydrogen-bond donors (Lipinski definition) is 1. The van der Waals surface area contributed by atoms with Crippen LogP contribution in [0.4, 0.5) is 8.78 Å². The molecule has 4 heteroatoms. The van der Waals surface area contributed by atoms with Crippen molar-refractivity contribution in [2.45, 2.75) is 25.7 Å². The maximum Gasteiger partial charge on any atom is 0.309 e. The second-order valence-electron chi connectivity index (χ2n) is 5.66. The van der Waals surface area contributed by atoms with Crippen molar-refractivity contribution in [3.63, 3.8) is 0 Å². The summed E-state index contributed by atoms with van der Waals surface area (Å²) in [6.45, 7) is 0. The van der Waals surface area contributed by atoms with E-state index in [0.29, 0.717) is 30.2 Å². The Morgan fingerprint density at radius 1 is 1.33 bits per heavy atom. The van der Waals surface area contributed by atoms with Gasteiger partial charge in [-0.25, -0.2) is 8.78 Å². The molecular formula is C14H14F2O2. The highest BCUT2D eigenvalue weighted by Gasteiger charge is 2.57. The number of fused-ring (bicyclic) bond motifs is 1. The third-order valence-electron chi connectivity index (χ3n) is 4.37. The van der Waals surface area contributed by atoms with Crippen LogP contribution in [-0.2, 0) is 11.2 Å². The van der Waals surface area contributed by atoms with Gasteiger partial charge in [0, 0.05) is 6.07 Å². The van der Waals surface area contributed by atoms with E-state index in [2.05, 4.69) is 0 Å². The lowest BCUT2D eigenvalue weighted by Crippen LogP contribution is -2.32. The fraction of sp³-hybridized carbons (Fsp3) is 0.500. The van der Waals surface area contributed by atoms with E-state index in [1.807, 2.05) is 0 Å². The standard InChI is InChI=1S/C14H14F2O2/c15-11-2-1-8(12(16)4-11)5-14(13(17)18)6-9-3-10(9)7-14/h1-2,4,9-10H,3,5-7H2,(H,17,18). The molecule has 2 aliphatic carbocycles. The Labute approximate surface area is 104 Å². The minimum atomic E-state index is -0.849. The van der Waals surface area contributed by atoms with Crippen molar-refractivity contribution in [2.24, 2.45) is 17.3 Å². The zero-order chi connectivity index (χ0) is 12.9. The van der Waals surface area contributed by atoms with Gasteiger partial charge in [0.1, 0.15) is 11.6 Å². The molecule has 1 N–H and O–H groups in total. The van der Waals surface area contributed by atoms with E-state index in [4.69, 9.17) is 0 Å². The molecule has 96 valence electrons. The van der Waals surface area contributed by atoms with Crippen LogP contribution in [0.1, 0.15) is 24.8 Å². The predicted molar refractivity (Wildman–Crippen MR) is 61.0 cm³/mol. The third kappa shape index (κ3) is 1.80.